The van der Waals surface area contributed by atoms with Crippen LogP contribution >= 0.6 is 11.6 Å². The van der Waals surface area contributed by atoms with Crippen molar-refractivity contribution in [1.82, 2.24) is 0 Å². The molecule has 0 saturated carbocycles. The Balaban J connectivity index is 1.98. The number of benzene rings is 2. The molecule has 23 heavy (non-hydrogen) atoms. The summed E-state index contributed by atoms with van der Waals surface area (Å²) in [4.78, 5) is 11.9. The van der Waals surface area contributed by atoms with E-state index in [1.165, 1.54) is 0 Å². The van der Waals surface area contributed by atoms with Gasteiger partial charge in [0.2, 0.25) is 10.0 Å². The first-order valence-corrected chi connectivity index (χ1v) is 8.92. The number of anilines is 3. The smallest absolute Gasteiger partial charge is 0.308 e. The number of amides is 2. The lowest BCUT2D eigenvalue weighted by Gasteiger charge is -2.09. The van der Waals surface area contributed by atoms with E-state index in [1.807, 2.05) is 13.0 Å². The highest BCUT2D eigenvalue weighted by atomic mass is 35.5. The van der Waals surface area contributed by atoms with Crippen LogP contribution in [0, 0.1) is 6.92 Å². The topological polar surface area (TPSA) is 87.3 Å². The van der Waals surface area contributed by atoms with Gasteiger partial charge in [0.15, 0.2) is 0 Å². The number of hydrogen-bond donors (Lipinski definition) is 3. The van der Waals surface area contributed by atoms with Gasteiger partial charge in [-0.3, -0.25) is 4.72 Å². The quantitative estimate of drug-likeness (QED) is 0.783. The highest BCUT2D eigenvalue weighted by molar-refractivity contribution is 7.92. The van der Waals surface area contributed by atoms with Gasteiger partial charge in [0.1, 0.15) is 0 Å². The Hall–Kier alpha value is -2.25. The number of rotatable bonds is 4. The molecule has 0 radical (unpaired) electrons. The third kappa shape index (κ3) is 5.46. The van der Waals surface area contributed by atoms with E-state index in [4.69, 9.17) is 11.6 Å². The number of urea groups is 1. The van der Waals surface area contributed by atoms with Crippen LogP contribution in [-0.4, -0.2) is 20.7 Å². The Kier molecular flexibility index (Phi) is 5.12. The van der Waals surface area contributed by atoms with E-state index < -0.39 is 16.1 Å². The van der Waals surface area contributed by atoms with Crippen LogP contribution in [0.5, 0.6) is 0 Å². The van der Waals surface area contributed by atoms with E-state index in [0.29, 0.717) is 22.1 Å². The molecule has 8 heteroatoms. The van der Waals surface area contributed by atoms with Crippen LogP contribution in [0.4, 0.5) is 21.9 Å². The van der Waals surface area contributed by atoms with Gasteiger partial charge in [-0.1, -0.05) is 17.7 Å². The van der Waals surface area contributed by atoms with Gasteiger partial charge in [0, 0.05) is 22.1 Å². The number of nitrogens with one attached hydrogen (secondary N) is 3. The Morgan fingerprint density at radius 3 is 2.04 bits per heavy atom. The van der Waals surface area contributed by atoms with E-state index >= 15 is 0 Å². The van der Waals surface area contributed by atoms with Gasteiger partial charge in [0.25, 0.3) is 0 Å². The van der Waals surface area contributed by atoms with E-state index in [9.17, 15) is 13.2 Å². The number of carbonyl (C=O) groups is 1. The lowest BCUT2D eigenvalue weighted by Crippen LogP contribution is -2.19. The first kappa shape index (κ1) is 17.1. The molecule has 3 N–H and O–H groups in total. The highest BCUT2D eigenvalue weighted by Crippen LogP contribution is 2.20. The monoisotopic (exact) mass is 353 g/mol. The fourth-order valence-electron chi connectivity index (χ4n) is 1.80. The second-order valence-electron chi connectivity index (χ2n) is 4.99. The second kappa shape index (κ2) is 6.89. The molecule has 0 aliphatic heterocycles. The van der Waals surface area contributed by atoms with Crippen molar-refractivity contribution in [2.45, 2.75) is 6.92 Å². The minimum absolute atomic E-state index is 0.420. The average Bonchev–Trinajstić information content (AvgIpc) is 2.43. The number of sulfonamides is 1. The van der Waals surface area contributed by atoms with Crippen molar-refractivity contribution in [2.24, 2.45) is 0 Å². The van der Waals surface area contributed by atoms with Crippen LogP contribution in [0.3, 0.4) is 0 Å². The van der Waals surface area contributed by atoms with E-state index in [1.54, 1.807) is 36.4 Å². The molecule has 0 aliphatic carbocycles. The molecule has 0 heterocycles. The molecule has 2 amide bonds. The SMILES string of the molecule is Cc1ccc(NC(=O)Nc2ccc(NS(C)(=O)=O)cc2)cc1Cl. The van der Waals surface area contributed by atoms with Gasteiger partial charge in [-0.15, -0.1) is 0 Å². The number of aryl methyl sites for hydroxylation is 1. The van der Waals surface area contributed by atoms with Crippen molar-refractivity contribution in [1.29, 1.82) is 0 Å². The van der Waals surface area contributed by atoms with Crippen LogP contribution < -0.4 is 15.4 Å². The Morgan fingerprint density at radius 2 is 1.48 bits per heavy atom. The third-order valence-electron chi connectivity index (χ3n) is 2.88. The summed E-state index contributed by atoms with van der Waals surface area (Å²) in [6, 6.07) is 11.1. The average molecular weight is 354 g/mol. The van der Waals surface area contributed by atoms with Crippen molar-refractivity contribution >= 4 is 44.7 Å². The standard InChI is InChI=1S/C15H16ClN3O3S/c1-10-3-4-13(9-14(10)16)18-15(20)17-11-5-7-12(8-6-11)19-23(2,21)22/h3-9,19H,1-2H3,(H2,17,18,20). The largest absolute Gasteiger partial charge is 0.323 e. The normalized spacial score (nSPS) is 10.9. The lowest BCUT2D eigenvalue weighted by atomic mass is 10.2. The first-order valence-electron chi connectivity index (χ1n) is 6.65. The van der Waals surface area contributed by atoms with E-state index in [-0.39, 0.29) is 0 Å². The molecule has 0 aromatic heterocycles. The van der Waals surface area contributed by atoms with E-state index in [0.717, 1.165) is 11.8 Å². The summed E-state index contributed by atoms with van der Waals surface area (Å²) in [5.74, 6) is 0. The fraction of sp³-hybridized carbons (Fsp3) is 0.133. The molecule has 0 aliphatic rings. The predicted octanol–water partition coefficient (Wildman–Crippen LogP) is 3.66. The molecule has 0 saturated heterocycles. The van der Waals surface area contributed by atoms with Gasteiger partial charge < -0.3 is 10.6 Å². The zero-order valence-electron chi connectivity index (χ0n) is 12.6. The van der Waals surface area contributed by atoms with Crippen LogP contribution in [0.25, 0.3) is 0 Å². The van der Waals surface area contributed by atoms with Gasteiger partial charge in [0.05, 0.1) is 6.26 Å². The van der Waals surface area contributed by atoms with Crippen LogP contribution in [0.2, 0.25) is 5.02 Å². The van der Waals surface area contributed by atoms with Crippen molar-refractivity contribution in [2.75, 3.05) is 21.6 Å². The van der Waals surface area contributed by atoms with Crippen molar-refractivity contribution in [3.63, 3.8) is 0 Å². The maximum absolute atomic E-state index is 11.9. The number of hydrogen-bond acceptors (Lipinski definition) is 3. The van der Waals surface area contributed by atoms with Gasteiger partial charge in [-0.05, 0) is 48.9 Å². The molecule has 122 valence electrons. The van der Waals surface area contributed by atoms with Crippen LogP contribution in [0.1, 0.15) is 5.56 Å². The Morgan fingerprint density at radius 1 is 0.957 bits per heavy atom. The molecule has 0 bridgehead atoms. The molecule has 0 fully saturated rings. The summed E-state index contributed by atoms with van der Waals surface area (Å²) in [6.45, 7) is 1.87. The summed E-state index contributed by atoms with van der Waals surface area (Å²) in [6.07, 6.45) is 1.07. The zero-order valence-corrected chi connectivity index (χ0v) is 14.1. The van der Waals surface area contributed by atoms with Crippen molar-refractivity contribution in [3.8, 4) is 0 Å². The molecule has 2 aromatic carbocycles. The van der Waals surface area contributed by atoms with Gasteiger partial charge >= 0.3 is 6.03 Å². The maximum Gasteiger partial charge on any atom is 0.323 e. The number of carbonyl (C=O) groups excluding carboxylic acids is 1. The van der Waals surface area contributed by atoms with Gasteiger partial charge in [-0.2, -0.15) is 0 Å². The molecule has 0 spiro atoms. The summed E-state index contributed by atoms with van der Waals surface area (Å²) in [7, 11) is -3.32. The fourth-order valence-corrected chi connectivity index (χ4v) is 2.54. The van der Waals surface area contributed by atoms with Crippen LogP contribution in [-0.2, 0) is 10.0 Å². The second-order valence-corrected chi connectivity index (χ2v) is 7.15. The summed E-state index contributed by atoms with van der Waals surface area (Å²) in [5, 5.41) is 5.88. The molecular weight excluding hydrogens is 338 g/mol. The molecule has 0 unspecified atom stereocenters. The first-order chi connectivity index (χ1) is 10.7. The van der Waals surface area contributed by atoms with Crippen molar-refractivity contribution in [3.05, 3.63) is 53.1 Å². The minimum atomic E-state index is -3.32. The molecule has 2 rings (SSSR count). The summed E-state index contributed by atoms with van der Waals surface area (Å²) < 4.78 is 24.6. The molecular formula is C15H16ClN3O3S. The highest BCUT2D eigenvalue weighted by Gasteiger charge is 2.05. The molecule has 6 nitrogen and oxygen atoms in total. The minimum Gasteiger partial charge on any atom is -0.308 e. The lowest BCUT2D eigenvalue weighted by molar-refractivity contribution is 0.262. The van der Waals surface area contributed by atoms with Crippen molar-refractivity contribution < 1.29 is 13.2 Å². The Bertz CT molecular complexity index is 820. The van der Waals surface area contributed by atoms with Crippen LogP contribution in [0.15, 0.2) is 42.5 Å². The number of halogens is 1. The third-order valence-corrected chi connectivity index (χ3v) is 3.89. The Labute approximate surface area is 139 Å². The zero-order chi connectivity index (χ0) is 17.0. The summed E-state index contributed by atoms with van der Waals surface area (Å²) in [5.41, 5.74) is 2.45. The predicted molar refractivity (Wildman–Crippen MR) is 93.7 cm³/mol. The van der Waals surface area contributed by atoms with E-state index in [2.05, 4.69) is 15.4 Å². The maximum atomic E-state index is 11.9. The molecule has 2 aromatic rings. The van der Waals surface area contributed by atoms with Gasteiger partial charge in [-0.25, -0.2) is 13.2 Å². The summed E-state index contributed by atoms with van der Waals surface area (Å²) >= 11 is 6.00. The molecule has 0 atom stereocenters.